The van der Waals surface area contributed by atoms with Gasteiger partial charge in [0.05, 0.1) is 18.2 Å². The van der Waals surface area contributed by atoms with Gasteiger partial charge in [0.1, 0.15) is 4.90 Å². The second-order valence-corrected chi connectivity index (χ2v) is 6.44. The van der Waals surface area contributed by atoms with Gasteiger partial charge >= 0.3 is 0 Å². The zero-order valence-electron chi connectivity index (χ0n) is 10.5. The van der Waals surface area contributed by atoms with E-state index < -0.39 is 22.7 Å². The summed E-state index contributed by atoms with van der Waals surface area (Å²) in [5, 5.41) is 9.29. The Morgan fingerprint density at radius 1 is 1.42 bits per heavy atom. The Hall–Kier alpha value is -0.370. The summed E-state index contributed by atoms with van der Waals surface area (Å²) in [6, 6.07) is 2.28. The molecule has 0 saturated heterocycles. The molecule has 1 unspecified atom stereocenters. The van der Waals surface area contributed by atoms with E-state index in [-0.39, 0.29) is 27.1 Å². The van der Waals surface area contributed by atoms with Crippen molar-refractivity contribution in [3.05, 3.63) is 27.7 Å². The molecular weight excluding hydrogens is 313 g/mol. The molecule has 8 heteroatoms. The number of rotatable bonds is 6. The fourth-order valence-electron chi connectivity index (χ4n) is 1.54. The third-order valence-corrected chi connectivity index (χ3v) is 4.90. The Morgan fingerprint density at radius 2 is 2.05 bits per heavy atom. The molecule has 0 aliphatic rings. The van der Waals surface area contributed by atoms with Crippen LogP contribution in [0.15, 0.2) is 17.0 Å². The van der Waals surface area contributed by atoms with Gasteiger partial charge in [-0.15, -0.1) is 0 Å². The number of ether oxygens (including phenoxy) is 1. The highest BCUT2D eigenvalue weighted by Crippen LogP contribution is 2.31. The van der Waals surface area contributed by atoms with Crippen molar-refractivity contribution in [2.24, 2.45) is 0 Å². The Balaban J connectivity index is 3.15. The van der Waals surface area contributed by atoms with Gasteiger partial charge in [0.2, 0.25) is 10.0 Å². The average Bonchev–Trinajstić information content (AvgIpc) is 2.28. The lowest BCUT2D eigenvalue weighted by atomic mass is 10.2. The number of aliphatic hydroxyl groups excluding tert-OH is 1. The number of methoxy groups -OCH3 is 1. The van der Waals surface area contributed by atoms with E-state index in [1.807, 2.05) is 0 Å². The summed E-state index contributed by atoms with van der Waals surface area (Å²) in [5.41, 5.74) is 0.186. The Labute approximate surface area is 122 Å². The molecule has 2 N–H and O–H groups in total. The molecule has 0 fully saturated rings. The van der Waals surface area contributed by atoms with Crippen molar-refractivity contribution in [3.8, 4) is 0 Å². The topological polar surface area (TPSA) is 75.6 Å². The fourth-order valence-corrected chi connectivity index (χ4v) is 3.67. The van der Waals surface area contributed by atoms with Gasteiger partial charge < -0.3 is 9.84 Å². The van der Waals surface area contributed by atoms with E-state index in [9.17, 15) is 8.42 Å². The largest absolute Gasteiger partial charge is 0.392 e. The van der Waals surface area contributed by atoms with Crippen LogP contribution in [0.1, 0.15) is 12.5 Å². The van der Waals surface area contributed by atoms with Crippen molar-refractivity contribution in [1.29, 1.82) is 0 Å². The molecule has 0 heterocycles. The van der Waals surface area contributed by atoms with E-state index >= 15 is 0 Å². The monoisotopic (exact) mass is 327 g/mol. The first-order valence-corrected chi connectivity index (χ1v) is 7.66. The smallest absolute Gasteiger partial charge is 0.242 e. The van der Waals surface area contributed by atoms with Crippen molar-refractivity contribution in [2.75, 3.05) is 13.7 Å². The number of nitrogens with one attached hydrogen (secondary N) is 1. The Kier molecular flexibility index (Phi) is 6.04. The second kappa shape index (κ2) is 6.88. The van der Waals surface area contributed by atoms with Crippen LogP contribution in [0.25, 0.3) is 0 Å². The van der Waals surface area contributed by atoms with Gasteiger partial charge in [-0.2, -0.15) is 0 Å². The minimum atomic E-state index is -3.79. The van der Waals surface area contributed by atoms with Gasteiger partial charge in [-0.05, 0) is 19.1 Å². The maximum absolute atomic E-state index is 12.1. The van der Waals surface area contributed by atoms with Gasteiger partial charge in [-0.1, -0.05) is 23.2 Å². The van der Waals surface area contributed by atoms with Crippen molar-refractivity contribution in [3.63, 3.8) is 0 Å². The van der Waals surface area contributed by atoms with E-state index in [4.69, 9.17) is 33.0 Å². The van der Waals surface area contributed by atoms with Crippen LogP contribution < -0.4 is 4.72 Å². The zero-order chi connectivity index (χ0) is 14.6. The van der Waals surface area contributed by atoms with E-state index in [0.717, 1.165) is 0 Å². The molecule has 19 heavy (non-hydrogen) atoms. The van der Waals surface area contributed by atoms with Crippen LogP contribution in [-0.4, -0.2) is 33.3 Å². The van der Waals surface area contributed by atoms with Crippen LogP contribution in [0.3, 0.4) is 0 Å². The SMILES string of the molecule is COCC(C)NS(=O)(=O)c1ccc(Cl)c(CO)c1Cl. The number of aliphatic hydroxyl groups is 1. The van der Waals surface area contributed by atoms with Crippen molar-refractivity contribution >= 4 is 33.2 Å². The standard InChI is InChI=1S/C11H15Cl2NO4S/c1-7(6-18-2)14-19(16,17)10-4-3-9(12)8(5-15)11(10)13/h3-4,7,14-15H,5-6H2,1-2H3. The molecule has 0 bridgehead atoms. The molecule has 1 rings (SSSR count). The fraction of sp³-hybridized carbons (Fsp3) is 0.455. The van der Waals surface area contributed by atoms with Crippen molar-refractivity contribution in [1.82, 2.24) is 4.72 Å². The van der Waals surface area contributed by atoms with Gasteiger partial charge in [0.15, 0.2) is 0 Å². The Bertz CT molecular complexity index is 548. The summed E-state index contributed by atoms with van der Waals surface area (Å²) in [5.74, 6) is 0. The molecule has 0 aliphatic carbocycles. The number of halogens is 2. The third-order valence-electron chi connectivity index (χ3n) is 2.37. The summed E-state index contributed by atoms with van der Waals surface area (Å²) in [6.45, 7) is 1.46. The van der Waals surface area contributed by atoms with Crippen molar-refractivity contribution < 1.29 is 18.3 Å². The maximum atomic E-state index is 12.1. The van der Waals surface area contributed by atoms with E-state index in [2.05, 4.69) is 4.72 Å². The van der Waals surface area contributed by atoms with Crippen LogP contribution in [0.4, 0.5) is 0 Å². The number of hydrogen-bond acceptors (Lipinski definition) is 4. The van der Waals surface area contributed by atoms with Crippen LogP contribution in [0.2, 0.25) is 10.0 Å². The minimum Gasteiger partial charge on any atom is -0.392 e. The van der Waals surface area contributed by atoms with Gasteiger partial charge in [-0.3, -0.25) is 0 Å². The third kappa shape index (κ3) is 4.05. The molecular formula is C11H15Cl2NO4S. The maximum Gasteiger partial charge on any atom is 0.242 e. The lowest BCUT2D eigenvalue weighted by Crippen LogP contribution is -2.35. The number of benzene rings is 1. The van der Waals surface area contributed by atoms with E-state index in [0.29, 0.717) is 0 Å². The number of sulfonamides is 1. The molecule has 1 aromatic carbocycles. The molecule has 108 valence electrons. The predicted octanol–water partition coefficient (Wildman–Crippen LogP) is 1.80. The average molecular weight is 328 g/mol. The highest BCUT2D eigenvalue weighted by molar-refractivity contribution is 7.89. The highest BCUT2D eigenvalue weighted by Gasteiger charge is 2.23. The zero-order valence-corrected chi connectivity index (χ0v) is 12.8. The molecule has 0 radical (unpaired) electrons. The second-order valence-electron chi connectivity index (χ2n) is 3.97. The van der Waals surface area contributed by atoms with Crippen LogP contribution in [0, 0.1) is 0 Å². The molecule has 1 atom stereocenters. The Morgan fingerprint density at radius 3 is 2.58 bits per heavy atom. The van der Waals surface area contributed by atoms with Crippen molar-refractivity contribution in [2.45, 2.75) is 24.5 Å². The van der Waals surface area contributed by atoms with Gasteiger partial charge in [0.25, 0.3) is 0 Å². The normalized spacial score (nSPS) is 13.5. The quantitative estimate of drug-likeness (QED) is 0.835. The highest BCUT2D eigenvalue weighted by atomic mass is 35.5. The molecule has 0 saturated carbocycles. The van der Waals surface area contributed by atoms with E-state index in [1.165, 1.54) is 19.2 Å². The summed E-state index contributed by atoms with van der Waals surface area (Å²) < 4.78 is 31.6. The summed E-state index contributed by atoms with van der Waals surface area (Å²) in [4.78, 5) is -0.120. The van der Waals surface area contributed by atoms with Crippen LogP contribution >= 0.6 is 23.2 Å². The first-order chi connectivity index (χ1) is 8.83. The summed E-state index contributed by atoms with van der Waals surface area (Å²) in [7, 11) is -2.32. The van der Waals surface area contributed by atoms with E-state index in [1.54, 1.807) is 6.92 Å². The minimum absolute atomic E-state index is 0.0767. The molecule has 0 spiro atoms. The summed E-state index contributed by atoms with van der Waals surface area (Å²) >= 11 is 11.8. The molecule has 0 amide bonds. The van der Waals surface area contributed by atoms with Crippen LogP contribution in [-0.2, 0) is 21.4 Å². The van der Waals surface area contributed by atoms with Gasteiger partial charge in [0, 0.05) is 23.7 Å². The lowest BCUT2D eigenvalue weighted by molar-refractivity contribution is 0.180. The first-order valence-electron chi connectivity index (χ1n) is 5.42. The summed E-state index contributed by atoms with van der Waals surface area (Å²) in [6.07, 6.45) is 0. The molecule has 0 aromatic heterocycles. The van der Waals surface area contributed by atoms with Crippen LogP contribution in [0.5, 0.6) is 0 Å². The van der Waals surface area contributed by atoms with Gasteiger partial charge in [-0.25, -0.2) is 13.1 Å². The lowest BCUT2D eigenvalue weighted by Gasteiger charge is -2.15. The molecule has 0 aliphatic heterocycles. The molecule has 5 nitrogen and oxygen atoms in total. The first kappa shape index (κ1) is 16.7. The molecule has 1 aromatic rings. The predicted molar refractivity (Wildman–Crippen MR) is 74.0 cm³/mol. The number of hydrogen-bond donors (Lipinski definition) is 2.